The van der Waals surface area contributed by atoms with Crippen molar-refractivity contribution in [2.45, 2.75) is 25.7 Å². The highest BCUT2D eigenvalue weighted by atomic mass is 35.5. The van der Waals surface area contributed by atoms with Crippen LogP contribution in [-0.4, -0.2) is 34.9 Å². The van der Waals surface area contributed by atoms with Gasteiger partial charge >= 0.3 is 0 Å². The topological polar surface area (TPSA) is 58.4 Å². The molecule has 1 aliphatic heterocycles. The molecule has 1 aliphatic carbocycles. The second kappa shape index (κ2) is 5.89. The number of hydrogen-bond acceptors (Lipinski definition) is 2. The molecule has 3 N–H and O–H groups in total. The Bertz CT molecular complexity index is 397. The molecule has 0 aromatic carbocycles. The Labute approximate surface area is 118 Å². The maximum Gasteiger partial charge on any atom is 0.226 e. The summed E-state index contributed by atoms with van der Waals surface area (Å²) in [6.45, 7) is 1.60. The Balaban J connectivity index is 2.20. The molecule has 2 rings (SSSR count). The van der Waals surface area contributed by atoms with Crippen molar-refractivity contribution in [3.8, 4) is 0 Å². The van der Waals surface area contributed by atoms with Crippen molar-refractivity contribution in [3.05, 3.63) is 11.3 Å². The van der Waals surface area contributed by atoms with Gasteiger partial charge in [0.1, 0.15) is 0 Å². The zero-order chi connectivity index (χ0) is 13.1. The van der Waals surface area contributed by atoms with Crippen LogP contribution in [0, 0.1) is 5.92 Å². The second-order valence-corrected chi connectivity index (χ2v) is 5.49. The smallest absolute Gasteiger partial charge is 0.226 e. The van der Waals surface area contributed by atoms with Crippen LogP contribution in [0.2, 0.25) is 0 Å². The van der Waals surface area contributed by atoms with Crippen molar-refractivity contribution in [3.63, 3.8) is 0 Å². The molecule has 0 fully saturated rings. The Morgan fingerprint density at radius 1 is 1.56 bits per heavy atom. The van der Waals surface area contributed by atoms with Gasteiger partial charge in [-0.15, -0.1) is 11.6 Å². The lowest BCUT2D eigenvalue weighted by Gasteiger charge is -2.26. The van der Waals surface area contributed by atoms with Crippen molar-refractivity contribution in [1.82, 2.24) is 10.2 Å². The number of nitrogens with one attached hydrogen (secondary N) is 1. The van der Waals surface area contributed by atoms with Crippen LogP contribution in [-0.2, 0) is 4.79 Å². The predicted molar refractivity (Wildman–Crippen MR) is 76.2 cm³/mol. The van der Waals surface area contributed by atoms with Gasteiger partial charge in [-0.05, 0) is 43.5 Å². The molecule has 0 unspecified atom stereocenters. The number of hydrogen-bond donors (Lipinski definition) is 2. The van der Waals surface area contributed by atoms with E-state index in [2.05, 4.69) is 10.2 Å². The number of primary amides is 1. The number of nitrogens with two attached hydrogens (primary N) is 1. The van der Waals surface area contributed by atoms with Gasteiger partial charge in [-0.2, -0.15) is 0 Å². The molecule has 0 bridgehead atoms. The number of amides is 1. The van der Waals surface area contributed by atoms with Gasteiger partial charge in [-0.3, -0.25) is 4.79 Å². The summed E-state index contributed by atoms with van der Waals surface area (Å²) in [5.41, 5.74) is 7.72. The molecule has 2 aliphatic rings. The van der Waals surface area contributed by atoms with Crippen molar-refractivity contribution < 1.29 is 4.79 Å². The highest BCUT2D eigenvalue weighted by Crippen LogP contribution is 2.32. The molecule has 4 nitrogen and oxygen atoms in total. The second-order valence-electron chi connectivity index (χ2n) is 4.72. The highest BCUT2D eigenvalue weighted by Gasteiger charge is 2.30. The molecule has 0 radical (unpaired) electrons. The third-order valence-corrected chi connectivity index (χ3v) is 4.14. The molecule has 0 aromatic rings. The average Bonchev–Trinajstić information content (AvgIpc) is 2.49. The van der Waals surface area contributed by atoms with Gasteiger partial charge in [0.15, 0.2) is 5.11 Å². The number of carbonyl (C=O) groups excluding carboxylic acids is 1. The van der Waals surface area contributed by atoms with Gasteiger partial charge in [0.05, 0.1) is 5.92 Å². The number of carbonyl (C=O) groups is 1. The summed E-state index contributed by atoms with van der Waals surface area (Å²) in [5.74, 6) is 0.0806. The summed E-state index contributed by atoms with van der Waals surface area (Å²) >= 11 is 11.1. The quantitative estimate of drug-likeness (QED) is 0.608. The number of thiocarbonyl (C=S) groups is 1. The first-order valence-corrected chi connectivity index (χ1v) is 7.21. The van der Waals surface area contributed by atoms with Crippen LogP contribution in [0.15, 0.2) is 11.3 Å². The summed E-state index contributed by atoms with van der Waals surface area (Å²) < 4.78 is 0. The van der Waals surface area contributed by atoms with E-state index in [0.29, 0.717) is 11.0 Å². The normalized spacial score (nSPS) is 24.4. The molecular weight excluding hydrogens is 270 g/mol. The van der Waals surface area contributed by atoms with E-state index >= 15 is 0 Å². The molecule has 6 heteroatoms. The Hall–Kier alpha value is -0.810. The van der Waals surface area contributed by atoms with Gasteiger partial charge in [-0.1, -0.05) is 0 Å². The van der Waals surface area contributed by atoms with Crippen LogP contribution in [0.4, 0.5) is 0 Å². The van der Waals surface area contributed by atoms with E-state index in [9.17, 15) is 4.79 Å². The standard InChI is InChI=1S/C12H18ClN3OS/c13-5-7-16-6-4-8-2-1-3-9(11(14)17)10(8)15-12(16)18/h9H,1-7H2,(H2,14,17)(H,15,18)/t9-/m0/s1. The number of nitrogens with zero attached hydrogens (tertiary/aromatic N) is 1. The predicted octanol–water partition coefficient (Wildman–Crippen LogP) is 1.34. The Morgan fingerprint density at radius 3 is 3.00 bits per heavy atom. The van der Waals surface area contributed by atoms with Gasteiger partial charge < -0.3 is 16.0 Å². The Kier molecular flexibility index (Phi) is 4.45. The monoisotopic (exact) mass is 287 g/mol. The molecule has 0 saturated carbocycles. The Morgan fingerprint density at radius 2 is 2.33 bits per heavy atom. The molecule has 1 heterocycles. The van der Waals surface area contributed by atoms with Crippen LogP contribution in [0.25, 0.3) is 0 Å². The van der Waals surface area contributed by atoms with Gasteiger partial charge in [0.2, 0.25) is 5.91 Å². The SMILES string of the molecule is NC(=O)[C@H]1CCCC2=C1NC(=S)N(CCCl)CC2. The molecular formula is C12H18ClN3OS. The lowest BCUT2D eigenvalue weighted by Crippen LogP contribution is -2.42. The summed E-state index contributed by atoms with van der Waals surface area (Å²) in [6.07, 6.45) is 3.81. The molecule has 1 amide bonds. The first-order valence-electron chi connectivity index (χ1n) is 6.26. The zero-order valence-corrected chi connectivity index (χ0v) is 11.8. The van der Waals surface area contributed by atoms with E-state index in [1.54, 1.807) is 0 Å². The molecule has 0 saturated heterocycles. The first-order chi connectivity index (χ1) is 8.63. The summed E-state index contributed by atoms with van der Waals surface area (Å²) in [5, 5.41) is 3.89. The highest BCUT2D eigenvalue weighted by molar-refractivity contribution is 7.80. The minimum Gasteiger partial charge on any atom is -0.369 e. The zero-order valence-electron chi connectivity index (χ0n) is 10.2. The van der Waals surface area contributed by atoms with E-state index in [1.807, 2.05) is 0 Å². The van der Waals surface area contributed by atoms with Crippen LogP contribution in [0.5, 0.6) is 0 Å². The third kappa shape index (κ3) is 2.78. The number of alkyl halides is 1. The lowest BCUT2D eigenvalue weighted by molar-refractivity contribution is -0.121. The largest absolute Gasteiger partial charge is 0.369 e. The number of rotatable bonds is 3. The minimum atomic E-state index is -0.261. The first kappa shape index (κ1) is 13.6. The van der Waals surface area contributed by atoms with E-state index in [1.165, 1.54) is 5.57 Å². The molecule has 0 aromatic heterocycles. The third-order valence-electron chi connectivity index (χ3n) is 3.61. The van der Waals surface area contributed by atoms with E-state index in [4.69, 9.17) is 29.6 Å². The van der Waals surface area contributed by atoms with E-state index < -0.39 is 0 Å². The number of halogens is 1. The van der Waals surface area contributed by atoms with E-state index in [-0.39, 0.29) is 11.8 Å². The minimum absolute atomic E-state index is 0.206. The van der Waals surface area contributed by atoms with Gasteiger partial charge in [0, 0.05) is 24.7 Å². The molecule has 100 valence electrons. The average molecular weight is 288 g/mol. The van der Waals surface area contributed by atoms with Gasteiger partial charge in [-0.25, -0.2) is 0 Å². The molecule has 18 heavy (non-hydrogen) atoms. The van der Waals surface area contributed by atoms with Crippen LogP contribution >= 0.6 is 23.8 Å². The van der Waals surface area contributed by atoms with E-state index in [0.717, 1.165) is 44.5 Å². The lowest BCUT2D eigenvalue weighted by atomic mass is 9.85. The fourth-order valence-corrected chi connectivity index (χ4v) is 3.14. The van der Waals surface area contributed by atoms with Crippen molar-refractivity contribution in [2.24, 2.45) is 11.7 Å². The summed E-state index contributed by atoms with van der Waals surface area (Å²) in [6, 6.07) is 0. The fourth-order valence-electron chi connectivity index (χ4n) is 2.65. The van der Waals surface area contributed by atoms with Crippen molar-refractivity contribution in [2.75, 3.05) is 19.0 Å². The van der Waals surface area contributed by atoms with Crippen LogP contribution in [0.3, 0.4) is 0 Å². The van der Waals surface area contributed by atoms with Gasteiger partial charge in [0.25, 0.3) is 0 Å². The maximum atomic E-state index is 11.5. The summed E-state index contributed by atoms with van der Waals surface area (Å²) in [4.78, 5) is 13.6. The van der Waals surface area contributed by atoms with Crippen LogP contribution < -0.4 is 11.1 Å². The van der Waals surface area contributed by atoms with Crippen molar-refractivity contribution in [1.29, 1.82) is 0 Å². The molecule has 1 atom stereocenters. The molecule has 0 spiro atoms. The van der Waals surface area contributed by atoms with Crippen molar-refractivity contribution >= 4 is 34.8 Å². The van der Waals surface area contributed by atoms with Crippen LogP contribution in [0.1, 0.15) is 25.7 Å². The maximum absolute atomic E-state index is 11.5. The summed E-state index contributed by atoms with van der Waals surface area (Å²) in [7, 11) is 0. The fraction of sp³-hybridized carbons (Fsp3) is 0.667.